The molecule has 1 saturated heterocycles. The zero-order valence-electron chi connectivity index (χ0n) is 10.9. The van der Waals surface area contributed by atoms with Crippen molar-refractivity contribution in [2.45, 2.75) is 56.0 Å². The predicted octanol–water partition coefficient (Wildman–Crippen LogP) is 2.70. The van der Waals surface area contributed by atoms with Crippen LogP contribution in [0.4, 0.5) is 0 Å². The molecule has 18 heavy (non-hydrogen) atoms. The second-order valence-corrected chi connectivity index (χ2v) is 7.55. The van der Waals surface area contributed by atoms with E-state index in [0.29, 0.717) is 4.90 Å². The molecule has 1 aromatic rings. The largest absolute Gasteiger partial charge is 0.243 e. The van der Waals surface area contributed by atoms with Gasteiger partial charge in [0.2, 0.25) is 10.0 Å². The van der Waals surface area contributed by atoms with Crippen molar-refractivity contribution in [2.75, 3.05) is 0 Å². The molecule has 1 saturated carbocycles. The zero-order chi connectivity index (χ0) is 13.0. The summed E-state index contributed by atoms with van der Waals surface area (Å²) >= 11 is 0. The van der Waals surface area contributed by atoms with Crippen molar-refractivity contribution in [3.05, 3.63) is 29.8 Å². The molecular weight excluding hydrogens is 246 g/mol. The number of sulfonamides is 1. The van der Waals surface area contributed by atoms with Crippen LogP contribution in [0.25, 0.3) is 0 Å². The lowest BCUT2D eigenvalue weighted by Crippen LogP contribution is -2.21. The third-order valence-electron chi connectivity index (χ3n) is 4.42. The van der Waals surface area contributed by atoms with Gasteiger partial charge in [0.15, 0.2) is 0 Å². The second kappa shape index (κ2) is 3.81. The highest BCUT2D eigenvalue weighted by molar-refractivity contribution is 7.89. The minimum atomic E-state index is -3.29. The van der Waals surface area contributed by atoms with Crippen LogP contribution in [0.15, 0.2) is 29.2 Å². The number of hydrogen-bond donors (Lipinski definition) is 0. The fourth-order valence-electron chi connectivity index (χ4n) is 3.26. The summed E-state index contributed by atoms with van der Waals surface area (Å²) in [6, 6.07) is 7.40. The quantitative estimate of drug-likeness (QED) is 0.771. The molecule has 2 fully saturated rings. The maximum absolute atomic E-state index is 12.6. The molecule has 0 N–H and O–H groups in total. The topological polar surface area (TPSA) is 37.1 Å². The minimum Gasteiger partial charge on any atom is -0.207 e. The van der Waals surface area contributed by atoms with Gasteiger partial charge < -0.3 is 0 Å². The van der Waals surface area contributed by atoms with Crippen LogP contribution in [0, 0.1) is 6.92 Å². The van der Waals surface area contributed by atoms with E-state index in [1.165, 1.54) is 0 Å². The molecule has 3 nitrogen and oxygen atoms in total. The molecular formula is C14H19NO2S. The van der Waals surface area contributed by atoms with E-state index in [9.17, 15) is 8.42 Å². The first-order valence-corrected chi connectivity index (χ1v) is 8.01. The molecule has 1 aliphatic carbocycles. The number of rotatable bonds is 2. The third-order valence-corrected chi connectivity index (χ3v) is 6.48. The first kappa shape index (κ1) is 12.2. The van der Waals surface area contributed by atoms with Crippen molar-refractivity contribution < 1.29 is 8.42 Å². The molecule has 0 amide bonds. The molecule has 3 atom stereocenters. The maximum atomic E-state index is 12.6. The Morgan fingerprint density at radius 2 is 1.89 bits per heavy atom. The molecule has 0 radical (unpaired) electrons. The van der Waals surface area contributed by atoms with Crippen molar-refractivity contribution in [1.29, 1.82) is 0 Å². The monoisotopic (exact) mass is 265 g/mol. The summed E-state index contributed by atoms with van der Waals surface area (Å²) in [4.78, 5) is 0.434. The molecule has 3 rings (SSSR count). The molecule has 2 aliphatic rings. The Hall–Kier alpha value is -0.870. The van der Waals surface area contributed by atoms with Gasteiger partial charge in [-0.1, -0.05) is 30.5 Å². The van der Waals surface area contributed by atoms with Gasteiger partial charge in [-0.05, 0) is 38.8 Å². The summed E-state index contributed by atoms with van der Waals surface area (Å²) in [5.41, 5.74) is 0.977. The molecule has 1 aromatic carbocycles. The third kappa shape index (κ3) is 1.62. The van der Waals surface area contributed by atoms with E-state index < -0.39 is 10.0 Å². The molecule has 0 spiro atoms. The van der Waals surface area contributed by atoms with E-state index in [0.717, 1.165) is 31.2 Å². The van der Waals surface area contributed by atoms with Crippen LogP contribution in [0.1, 0.15) is 38.2 Å². The summed E-state index contributed by atoms with van der Waals surface area (Å²) in [5.74, 6) is 0. The summed E-state index contributed by atoms with van der Waals surface area (Å²) in [6.07, 6.45) is 4.32. The first-order chi connectivity index (χ1) is 8.46. The first-order valence-electron chi connectivity index (χ1n) is 6.57. The average Bonchev–Trinajstić information content (AvgIpc) is 2.96. The minimum absolute atomic E-state index is 0.109. The van der Waals surface area contributed by atoms with E-state index >= 15 is 0 Å². The van der Waals surface area contributed by atoms with Crippen molar-refractivity contribution in [3.8, 4) is 0 Å². The van der Waals surface area contributed by atoms with Gasteiger partial charge in [0.05, 0.1) is 10.4 Å². The number of hydrogen-bond acceptors (Lipinski definition) is 2. The number of aryl methyl sites for hydroxylation is 1. The van der Waals surface area contributed by atoms with Crippen molar-refractivity contribution in [3.63, 3.8) is 0 Å². The predicted molar refractivity (Wildman–Crippen MR) is 70.9 cm³/mol. The fraction of sp³-hybridized carbons (Fsp3) is 0.571. The van der Waals surface area contributed by atoms with Gasteiger partial charge in [-0.3, -0.25) is 0 Å². The summed E-state index contributed by atoms with van der Waals surface area (Å²) < 4.78 is 26.9. The van der Waals surface area contributed by atoms with Crippen molar-refractivity contribution >= 4 is 10.0 Å². The Balaban J connectivity index is 1.95. The Bertz CT molecular complexity index is 564. The van der Waals surface area contributed by atoms with E-state index in [1.54, 1.807) is 16.4 Å². The fourth-order valence-corrected chi connectivity index (χ4v) is 5.35. The lowest BCUT2D eigenvalue weighted by molar-refractivity contribution is 0.461. The van der Waals surface area contributed by atoms with Crippen LogP contribution in [-0.4, -0.2) is 24.3 Å². The van der Waals surface area contributed by atoms with Crippen LogP contribution in [0.2, 0.25) is 0 Å². The van der Waals surface area contributed by atoms with E-state index in [-0.39, 0.29) is 11.6 Å². The Morgan fingerprint density at radius 1 is 1.22 bits per heavy atom. The van der Waals surface area contributed by atoms with Gasteiger partial charge in [0, 0.05) is 6.04 Å². The lowest BCUT2D eigenvalue weighted by atomic mass is 9.91. The van der Waals surface area contributed by atoms with Gasteiger partial charge in [-0.15, -0.1) is 0 Å². The highest BCUT2D eigenvalue weighted by Crippen LogP contribution is 2.53. The number of fused-ring (bicyclic) bond motifs is 1. The van der Waals surface area contributed by atoms with Crippen LogP contribution in [0.5, 0.6) is 0 Å². The van der Waals surface area contributed by atoms with E-state index in [4.69, 9.17) is 0 Å². The van der Waals surface area contributed by atoms with Gasteiger partial charge in [-0.2, -0.15) is 4.31 Å². The molecule has 1 aliphatic heterocycles. The van der Waals surface area contributed by atoms with Gasteiger partial charge in [0.1, 0.15) is 0 Å². The molecule has 0 bridgehead atoms. The average molecular weight is 265 g/mol. The highest BCUT2D eigenvalue weighted by atomic mass is 32.2. The zero-order valence-corrected chi connectivity index (χ0v) is 11.7. The second-order valence-electron chi connectivity index (χ2n) is 5.73. The standard InChI is InChI=1S/C14H19NO2S/c1-11-6-8-12(9-7-11)18(16,17)15-13-5-3-4-10-14(13,15)2/h6-9,13H,3-5,10H2,1-2H3/t13-,14-,15?/m0/s1. The molecule has 0 aromatic heterocycles. The van der Waals surface area contributed by atoms with E-state index in [1.807, 2.05) is 19.1 Å². The van der Waals surface area contributed by atoms with Gasteiger partial charge in [-0.25, -0.2) is 8.42 Å². The molecule has 98 valence electrons. The van der Waals surface area contributed by atoms with Crippen LogP contribution >= 0.6 is 0 Å². The maximum Gasteiger partial charge on any atom is 0.243 e. The number of nitrogens with zero attached hydrogens (tertiary/aromatic N) is 1. The lowest BCUT2D eigenvalue weighted by Gasteiger charge is -2.14. The molecule has 1 heterocycles. The Kier molecular flexibility index (Phi) is 2.58. The molecule has 1 unspecified atom stereocenters. The smallest absolute Gasteiger partial charge is 0.207 e. The van der Waals surface area contributed by atoms with Gasteiger partial charge in [0.25, 0.3) is 0 Å². The van der Waals surface area contributed by atoms with Crippen molar-refractivity contribution in [2.24, 2.45) is 0 Å². The summed E-state index contributed by atoms with van der Waals surface area (Å²) in [5, 5.41) is 0. The Morgan fingerprint density at radius 3 is 2.44 bits per heavy atom. The van der Waals surface area contributed by atoms with E-state index in [2.05, 4.69) is 6.92 Å². The van der Waals surface area contributed by atoms with Crippen molar-refractivity contribution in [1.82, 2.24) is 4.31 Å². The molecule has 4 heteroatoms. The SMILES string of the molecule is Cc1ccc(S(=O)(=O)N2[C@H]3CCCC[C@@]32C)cc1. The summed E-state index contributed by atoms with van der Waals surface area (Å²) in [6.45, 7) is 4.05. The van der Waals surface area contributed by atoms with Gasteiger partial charge >= 0.3 is 0 Å². The highest BCUT2D eigenvalue weighted by Gasteiger charge is 2.65. The van der Waals surface area contributed by atoms with Crippen LogP contribution in [0.3, 0.4) is 0 Å². The van der Waals surface area contributed by atoms with Crippen LogP contribution < -0.4 is 0 Å². The van der Waals surface area contributed by atoms with Crippen LogP contribution in [-0.2, 0) is 10.0 Å². The summed E-state index contributed by atoms with van der Waals surface area (Å²) in [7, 11) is -3.29. The normalized spacial score (nSPS) is 35.0. The number of benzene rings is 1. The Labute approximate surface area is 109 Å².